The number of amides is 3. The van der Waals surface area contributed by atoms with Gasteiger partial charge in [0.15, 0.2) is 0 Å². The largest absolute Gasteiger partial charge is 0.327 e. The Morgan fingerprint density at radius 3 is 2.31 bits per heavy atom. The van der Waals surface area contributed by atoms with Gasteiger partial charge in [0.25, 0.3) is 17.3 Å². The van der Waals surface area contributed by atoms with E-state index in [0.29, 0.717) is 11.3 Å². The van der Waals surface area contributed by atoms with E-state index in [1.807, 2.05) is 0 Å². The van der Waals surface area contributed by atoms with E-state index in [1.54, 1.807) is 6.07 Å². The number of rotatable bonds is 5. The molecule has 148 valence electrons. The number of carbonyl (C=O) groups is 2. The predicted octanol–water partition coefficient (Wildman–Crippen LogP) is 2.77. The Bertz CT molecular complexity index is 1050. The number of carbonyl (C=O) groups excluding carboxylic acids is 2. The normalized spacial score (nSPS) is 15.9. The summed E-state index contributed by atoms with van der Waals surface area (Å²) in [6.45, 7) is 1.54. The zero-order chi connectivity index (χ0) is 21.1. The molecular formula is C18H15N5O6. The van der Waals surface area contributed by atoms with E-state index >= 15 is 0 Å². The summed E-state index contributed by atoms with van der Waals surface area (Å²) in [5.41, 5.74) is 0.813. The van der Waals surface area contributed by atoms with Crippen LogP contribution in [0.4, 0.5) is 21.9 Å². The first-order valence-electron chi connectivity index (χ1n) is 8.34. The molecule has 2 aromatic carbocycles. The fraction of sp³-hybridized carbons (Fsp3) is 0.111. The molecule has 3 N–H and O–H groups in total. The van der Waals surface area contributed by atoms with Gasteiger partial charge >= 0.3 is 6.03 Å². The smallest absolute Gasteiger partial charge is 0.319 e. The Morgan fingerprint density at radius 1 is 1.03 bits per heavy atom. The minimum Gasteiger partial charge on any atom is -0.327 e. The van der Waals surface area contributed by atoms with Crippen LogP contribution < -0.4 is 16.0 Å². The standard InChI is InChI=1S/C18H15N5O6/c1-10-15(17(24)20-12-5-7-13(8-6-12)22(26)27)16(21-18(25)19-10)11-3-2-4-14(9-11)23(28)29/h2-9,16H,1H3,(H,20,24)(H2,19,21,25). The van der Waals surface area contributed by atoms with Crippen molar-refractivity contribution in [2.75, 3.05) is 5.32 Å². The molecule has 0 fully saturated rings. The van der Waals surface area contributed by atoms with Gasteiger partial charge in [0.2, 0.25) is 0 Å². The molecule has 2 aromatic rings. The van der Waals surface area contributed by atoms with Crippen LogP contribution in [-0.4, -0.2) is 21.8 Å². The molecule has 11 nitrogen and oxygen atoms in total. The maximum absolute atomic E-state index is 12.9. The second-order valence-corrected chi connectivity index (χ2v) is 6.18. The number of hydrogen-bond acceptors (Lipinski definition) is 6. The van der Waals surface area contributed by atoms with Crippen LogP contribution >= 0.6 is 0 Å². The van der Waals surface area contributed by atoms with Crippen molar-refractivity contribution >= 4 is 29.0 Å². The topological polar surface area (TPSA) is 157 Å². The predicted molar refractivity (Wildman–Crippen MR) is 102 cm³/mol. The van der Waals surface area contributed by atoms with Gasteiger partial charge in [-0.3, -0.25) is 25.0 Å². The van der Waals surface area contributed by atoms with Crippen molar-refractivity contribution in [3.8, 4) is 0 Å². The highest BCUT2D eigenvalue weighted by molar-refractivity contribution is 6.06. The van der Waals surface area contributed by atoms with Crippen molar-refractivity contribution in [3.05, 3.63) is 85.6 Å². The number of non-ortho nitro benzene ring substituents is 2. The Kier molecular flexibility index (Phi) is 5.21. The van der Waals surface area contributed by atoms with E-state index in [0.717, 1.165) is 0 Å². The highest BCUT2D eigenvalue weighted by Crippen LogP contribution is 2.30. The molecule has 1 unspecified atom stereocenters. The number of urea groups is 1. The average molecular weight is 397 g/mol. The summed E-state index contributed by atoms with van der Waals surface area (Å²) in [5.74, 6) is -0.569. The van der Waals surface area contributed by atoms with Crippen LogP contribution in [0, 0.1) is 20.2 Å². The molecule has 11 heteroatoms. The molecule has 29 heavy (non-hydrogen) atoms. The fourth-order valence-corrected chi connectivity index (χ4v) is 2.93. The summed E-state index contributed by atoms with van der Waals surface area (Å²) in [4.78, 5) is 45.5. The van der Waals surface area contributed by atoms with Gasteiger partial charge in [0.1, 0.15) is 0 Å². The van der Waals surface area contributed by atoms with Crippen molar-refractivity contribution in [3.63, 3.8) is 0 Å². The van der Waals surface area contributed by atoms with Crippen LogP contribution in [0.1, 0.15) is 18.5 Å². The lowest BCUT2D eigenvalue weighted by Gasteiger charge is -2.28. The van der Waals surface area contributed by atoms with Gasteiger partial charge in [-0.05, 0) is 24.6 Å². The number of benzene rings is 2. The Morgan fingerprint density at radius 2 is 1.69 bits per heavy atom. The molecule has 0 saturated carbocycles. The second kappa shape index (κ2) is 7.76. The number of nitro benzene ring substituents is 2. The molecule has 0 radical (unpaired) electrons. The van der Waals surface area contributed by atoms with Crippen LogP contribution in [0.5, 0.6) is 0 Å². The average Bonchev–Trinajstić information content (AvgIpc) is 2.67. The molecule has 0 aliphatic carbocycles. The van der Waals surface area contributed by atoms with Crippen molar-refractivity contribution in [1.29, 1.82) is 0 Å². The highest BCUT2D eigenvalue weighted by Gasteiger charge is 2.32. The van der Waals surface area contributed by atoms with Crippen molar-refractivity contribution in [2.45, 2.75) is 13.0 Å². The maximum Gasteiger partial charge on any atom is 0.319 e. The monoisotopic (exact) mass is 397 g/mol. The van der Waals surface area contributed by atoms with E-state index in [4.69, 9.17) is 0 Å². The van der Waals surface area contributed by atoms with Crippen LogP contribution in [-0.2, 0) is 4.79 Å². The van der Waals surface area contributed by atoms with Crippen LogP contribution in [0.2, 0.25) is 0 Å². The van der Waals surface area contributed by atoms with E-state index < -0.39 is 27.8 Å². The van der Waals surface area contributed by atoms with E-state index in [-0.39, 0.29) is 22.6 Å². The molecule has 1 heterocycles. The fourth-order valence-electron chi connectivity index (χ4n) is 2.93. The van der Waals surface area contributed by atoms with Gasteiger partial charge in [-0.1, -0.05) is 12.1 Å². The summed E-state index contributed by atoms with van der Waals surface area (Å²) >= 11 is 0. The summed E-state index contributed by atoms with van der Waals surface area (Å²) in [6, 6.07) is 9.39. The van der Waals surface area contributed by atoms with Gasteiger partial charge < -0.3 is 16.0 Å². The first kappa shape index (κ1) is 19.5. The molecule has 0 spiro atoms. The van der Waals surface area contributed by atoms with Crippen LogP contribution in [0.3, 0.4) is 0 Å². The number of anilines is 1. The van der Waals surface area contributed by atoms with Crippen molar-refractivity contribution < 1.29 is 19.4 Å². The number of nitrogens with zero attached hydrogens (tertiary/aromatic N) is 2. The molecule has 3 amide bonds. The highest BCUT2D eigenvalue weighted by atomic mass is 16.6. The minimum absolute atomic E-state index is 0.125. The van der Waals surface area contributed by atoms with Crippen molar-refractivity contribution in [2.24, 2.45) is 0 Å². The van der Waals surface area contributed by atoms with Gasteiger partial charge in [0, 0.05) is 35.6 Å². The second-order valence-electron chi connectivity index (χ2n) is 6.18. The van der Waals surface area contributed by atoms with E-state index in [9.17, 15) is 29.8 Å². The number of nitro groups is 2. The van der Waals surface area contributed by atoms with Gasteiger partial charge in [-0.2, -0.15) is 0 Å². The summed E-state index contributed by atoms with van der Waals surface area (Å²) in [5, 5.41) is 29.5. The summed E-state index contributed by atoms with van der Waals surface area (Å²) in [6.07, 6.45) is 0. The third-order valence-corrected chi connectivity index (χ3v) is 4.26. The third-order valence-electron chi connectivity index (χ3n) is 4.26. The first-order chi connectivity index (χ1) is 13.8. The zero-order valence-corrected chi connectivity index (χ0v) is 15.0. The Hall–Kier alpha value is -4.28. The maximum atomic E-state index is 12.9. The molecule has 0 aromatic heterocycles. The number of allylic oxidation sites excluding steroid dienone is 1. The van der Waals surface area contributed by atoms with Gasteiger partial charge in [-0.25, -0.2) is 4.79 Å². The lowest BCUT2D eigenvalue weighted by molar-refractivity contribution is -0.385. The van der Waals surface area contributed by atoms with Gasteiger partial charge in [0.05, 0.1) is 21.5 Å². The lowest BCUT2D eigenvalue weighted by Crippen LogP contribution is -2.46. The molecule has 1 aliphatic rings. The minimum atomic E-state index is -0.915. The lowest BCUT2D eigenvalue weighted by atomic mass is 9.94. The zero-order valence-electron chi connectivity index (χ0n) is 15.0. The van der Waals surface area contributed by atoms with Crippen LogP contribution in [0.15, 0.2) is 59.8 Å². The molecule has 3 rings (SSSR count). The van der Waals surface area contributed by atoms with E-state index in [1.165, 1.54) is 49.4 Å². The molecule has 0 saturated heterocycles. The Balaban J connectivity index is 1.93. The first-order valence-corrected chi connectivity index (χ1v) is 8.34. The third kappa shape index (κ3) is 4.18. The van der Waals surface area contributed by atoms with Crippen molar-refractivity contribution in [1.82, 2.24) is 10.6 Å². The van der Waals surface area contributed by atoms with Crippen LogP contribution in [0.25, 0.3) is 0 Å². The summed E-state index contributed by atoms with van der Waals surface area (Å²) < 4.78 is 0. The molecular weight excluding hydrogens is 382 g/mol. The molecule has 0 bridgehead atoms. The number of hydrogen-bond donors (Lipinski definition) is 3. The molecule has 1 aliphatic heterocycles. The SMILES string of the molecule is CC1=C(C(=O)Nc2ccc([N+](=O)[O-])cc2)C(c2cccc([N+](=O)[O-])c2)NC(=O)N1. The van der Waals surface area contributed by atoms with E-state index in [2.05, 4.69) is 16.0 Å². The quantitative estimate of drug-likeness (QED) is 0.520. The van der Waals surface area contributed by atoms with Gasteiger partial charge in [-0.15, -0.1) is 0 Å². The molecule has 1 atom stereocenters. The summed E-state index contributed by atoms with van der Waals surface area (Å²) in [7, 11) is 0. The Labute approximate surface area is 163 Å². The number of nitrogens with one attached hydrogen (secondary N) is 3.